The van der Waals surface area contributed by atoms with Gasteiger partial charge in [-0.3, -0.25) is 5.73 Å². The van der Waals surface area contributed by atoms with E-state index in [9.17, 15) is 35.1 Å². The minimum atomic E-state index is -6.59. The van der Waals surface area contributed by atoms with Crippen LogP contribution in [0.1, 0.15) is 0 Å². The van der Waals surface area contributed by atoms with Crippen LogP contribution in [-0.4, -0.2) is 29.1 Å². The molecule has 0 radical (unpaired) electrons. The van der Waals surface area contributed by atoms with E-state index < -0.39 is 24.0 Å². The molecule has 0 rings (SSSR count). The average molecular weight is 233 g/mol. The first-order valence-corrected chi connectivity index (χ1v) is 2.77. The van der Waals surface area contributed by atoms with Crippen LogP contribution in [0.3, 0.4) is 0 Å². The van der Waals surface area contributed by atoms with Gasteiger partial charge in [0.25, 0.3) is 5.72 Å². The molecule has 0 aliphatic carbocycles. The van der Waals surface area contributed by atoms with E-state index in [4.69, 9.17) is 5.11 Å². The summed E-state index contributed by atoms with van der Waals surface area (Å²) >= 11 is 0. The normalized spacial score (nSPS) is 19.3. The third-order valence-electron chi connectivity index (χ3n) is 1.27. The predicted molar refractivity (Wildman–Crippen MR) is 26.2 cm³/mol. The Morgan fingerprint density at radius 1 is 0.714 bits per heavy atom. The summed E-state index contributed by atoms with van der Waals surface area (Å²) in [5.41, 5.74) is -2.12. The minimum absolute atomic E-state index is 3.52. The number of rotatable bonds is 1. The lowest BCUT2D eigenvalue weighted by atomic mass is 10.1. The smallest absolute Gasteiger partial charge is 0.363 e. The van der Waals surface area contributed by atoms with Gasteiger partial charge in [-0.2, -0.15) is 35.1 Å². The summed E-state index contributed by atoms with van der Waals surface area (Å²) in [4.78, 5) is 0. The van der Waals surface area contributed by atoms with E-state index in [-0.39, 0.29) is 0 Å². The molecule has 86 valence electrons. The third kappa shape index (κ3) is 1.75. The van der Waals surface area contributed by atoms with Gasteiger partial charge in [-0.15, -0.1) is 0 Å². The summed E-state index contributed by atoms with van der Waals surface area (Å²) in [5.74, 6) is -6.47. The maximum Gasteiger partial charge on any atom is 0.458 e. The number of hydrogen-bond donors (Lipinski definition) is 2. The molecule has 0 aromatic carbocycles. The van der Waals surface area contributed by atoms with Gasteiger partial charge >= 0.3 is 18.3 Å². The molecule has 0 spiro atoms. The summed E-state index contributed by atoms with van der Waals surface area (Å²) < 4.78 is 92.6. The highest BCUT2D eigenvalue weighted by atomic mass is 19.4. The lowest BCUT2D eigenvalue weighted by Crippen LogP contribution is -2.70. The SMILES string of the molecule is NC(O)(C(F)(F)F)C(F)(F)C(F)(F)F. The van der Waals surface area contributed by atoms with Crippen molar-refractivity contribution >= 4 is 0 Å². The van der Waals surface area contributed by atoms with Gasteiger partial charge in [0.1, 0.15) is 0 Å². The fourth-order valence-electron chi connectivity index (χ4n) is 0.394. The van der Waals surface area contributed by atoms with Crippen LogP contribution in [0.4, 0.5) is 35.1 Å². The van der Waals surface area contributed by atoms with E-state index in [0.717, 1.165) is 0 Å². The van der Waals surface area contributed by atoms with E-state index in [2.05, 4.69) is 5.73 Å². The molecule has 2 nitrogen and oxygen atoms in total. The van der Waals surface area contributed by atoms with E-state index in [0.29, 0.717) is 0 Å². The van der Waals surface area contributed by atoms with Crippen molar-refractivity contribution in [3.05, 3.63) is 0 Å². The maximum atomic E-state index is 12.0. The van der Waals surface area contributed by atoms with Crippen molar-refractivity contribution in [1.29, 1.82) is 0 Å². The van der Waals surface area contributed by atoms with Crippen LogP contribution >= 0.6 is 0 Å². The topological polar surface area (TPSA) is 46.2 Å². The first kappa shape index (κ1) is 13.4. The molecule has 0 aliphatic heterocycles. The summed E-state index contributed by atoms with van der Waals surface area (Å²) in [7, 11) is 0. The summed E-state index contributed by atoms with van der Waals surface area (Å²) in [6.07, 6.45) is -12.9. The molecule has 0 saturated carbocycles. The van der Waals surface area contributed by atoms with Gasteiger partial charge in [0, 0.05) is 0 Å². The van der Waals surface area contributed by atoms with Crippen LogP contribution in [0.5, 0.6) is 0 Å². The van der Waals surface area contributed by atoms with Gasteiger partial charge in [0.05, 0.1) is 0 Å². The van der Waals surface area contributed by atoms with Gasteiger partial charge in [-0.05, 0) is 0 Å². The zero-order chi connectivity index (χ0) is 12.0. The molecule has 0 amide bonds. The molecule has 1 atom stereocenters. The van der Waals surface area contributed by atoms with Crippen molar-refractivity contribution < 1.29 is 40.2 Å². The first-order chi connectivity index (χ1) is 5.75. The molecule has 0 aromatic rings. The Labute approximate surface area is 71.3 Å². The predicted octanol–water partition coefficient (Wildman–Crippen LogP) is 1.39. The zero-order valence-electron chi connectivity index (χ0n) is 6.05. The molecule has 0 aromatic heterocycles. The van der Waals surface area contributed by atoms with Crippen molar-refractivity contribution in [2.75, 3.05) is 0 Å². The lowest BCUT2D eigenvalue weighted by molar-refractivity contribution is -0.401. The lowest BCUT2D eigenvalue weighted by Gasteiger charge is -2.34. The van der Waals surface area contributed by atoms with Gasteiger partial charge in [0.2, 0.25) is 0 Å². The highest BCUT2D eigenvalue weighted by Crippen LogP contribution is 2.47. The molecular formula is C4H3F8NO. The second kappa shape index (κ2) is 2.92. The Morgan fingerprint density at radius 2 is 1.00 bits per heavy atom. The third-order valence-corrected chi connectivity index (χ3v) is 1.27. The van der Waals surface area contributed by atoms with Crippen molar-refractivity contribution in [3.8, 4) is 0 Å². The quantitative estimate of drug-likeness (QED) is 0.531. The number of hydrogen-bond acceptors (Lipinski definition) is 2. The number of halogens is 8. The molecule has 0 bridgehead atoms. The number of alkyl halides is 8. The first-order valence-electron chi connectivity index (χ1n) is 2.77. The molecule has 0 fully saturated rings. The summed E-state index contributed by atoms with van der Waals surface area (Å²) in [6, 6.07) is 0. The van der Waals surface area contributed by atoms with Crippen molar-refractivity contribution in [1.82, 2.24) is 0 Å². The standard InChI is InChI=1S/C4H3F8NO/c5-1(6,3(7,8)9)2(13,14)4(10,11)12/h14H,13H2. The van der Waals surface area contributed by atoms with E-state index >= 15 is 0 Å². The zero-order valence-corrected chi connectivity index (χ0v) is 6.05. The molecule has 3 N–H and O–H groups in total. The summed E-state index contributed by atoms with van der Waals surface area (Å²) in [5, 5.41) is 7.90. The van der Waals surface area contributed by atoms with Crippen LogP contribution < -0.4 is 5.73 Å². The largest absolute Gasteiger partial charge is 0.458 e. The number of aliphatic hydroxyl groups is 1. The Hall–Kier alpha value is -0.640. The maximum absolute atomic E-state index is 12.0. The molecular weight excluding hydrogens is 230 g/mol. The monoisotopic (exact) mass is 233 g/mol. The van der Waals surface area contributed by atoms with Crippen LogP contribution in [0.25, 0.3) is 0 Å². The van der Waals surface area contributed by atoms with Crippen LogP contribution in [0.15, 0.2) is 0 Å². The molecule has 0 heterocycles. The molecule has 1 unspecified atom stereocenters. The molecule has 0 aliphatic rings. The Morgan fingerprint density at radius 3 is 1.07 bits per heavy atom. The van der Waals surface area contributed by atoms with Crippen LogP contribution in [0, 0.1) is 0 Å². The van der Waals surface area contributed by atoms with Gasteiger partial charge < -0.3 is 5.11 Å². The van der Waals surface area contributed by atoms with Gasteiger partial charge in [0.15, 0.2) is 0 Å². The Bertz CT molecular complexity index is 190. The fourth-order valence-corrected chi connectivity index (χ4v) is 0.394. The number of nitrogens with two attached hydrogens (primary N) is 1. The van der Waals surface area contributed by atoms with Gasteiger partial charge in [-0.25, -0.2) is 0 Å². The Balaban J connectivity index is 5.30. The molecule has 0 saturated heterocycles. The second-order valence-corrected chi connectivity index (χ2v) is 2.34. The highest BCUT2D eigenvalue weighted by molar-refractivity contribution is 4.98. The highest BCUT2D eigenvalue weighted by Gasteiger charge is 2.78. The van der Waals surface area contributed by atoms with E-state index in [1.54, 1.807) is 0 Å². The Kier molecular flexibility index (Phi) is 2.79. The minimum Gasteiger partial charge on any atom is -0.363 e. The van der Waals surface area contributed by atoms with E-state index in [1.165, 1.54) is 0 Å². The summed E-state index contributed by atoms with van der Waals surface area (Å²) in [6.45, 7) is 0. The van der Waals surface area contributed by atoms with Crippen molar-refractivity contribution in [2.45, 2.75) is 24.0 Å². The molecule has 14 heavy (non-hydrogen) atoms. The van der Waals surface area contributed by atoms with Crippen LogP contribution in [-0.2, 0) is 0 Å². The van der Waals surface area contributed by atoms with Crippen molar-refractivity contribution in [3.63, 3.8) is 0 Å². The van der Waals surface area contributed by atoms with Gasteiger partial charge in [-0.1, -0.05) is 0 Å². The van der Waals surface area contributed by atoms with E-state index in [1.807, 2.05) is 0 Å². The van der Waals surface area contributed by atoms with Crippen molar-refractivity contribution in [2.24, 2.45) is 5.73 Å². The van der Waals surface area contributed by atoms with Crippen LogP contribution in [0.2, 0.25) is 0 Å². The fraction of sp³-hybridized carbons (Fsp3) is 1.00. The second-order valence-electron chi connectivity index (χ2n) is 2.34. The molecule has 10 heteroatoms. The average Bonchev–Trinajstić information content (AvgIpc) is 1.81.